The van der Waals surface area contributed by atoms with Gasteiger partial charge in [-0.25, -0.2) is 0 Å². The highest BCUT2D eigenvalue weighted by Crippen LogP contribution is 2.38. The molecule has 0 bridgehead atoms. The van der Waals surface area contributed by atoms with Crippen molar-refractivity contribution < 1.29 is 27.8 Å². The molecule has 2 rings (SSSR count). The summed E-state index contributed by atoms with van der Waals surface area (Å²) in [7, 11) is 0. The zero-order valence-corrected chi connectivity index (χ0v) is 7.41. The van der Waals surface area contributed by atoms with Gasteiger partial charge in [0.1, 0.15) is 0 Å². The molecule has 0 fully saturated rings. The number of ether oxygens (including phenoxy) is 2. The van der Waals surface area contributed by atoms with E-state index < -0.39 is 12.3 Å². The van der Waals surface area contributed by atoms with Gasteiger partial charge in [-0.05, 0) is 17.7 Å². The minimum absolute atomic E-state index is 0.0130. The molecular formula is C9H7F3O3. The van der Waals surface area contributed by atoms with Crippen LogP contribution >= 0.6 is 0 Å². The van der Waals surface area contributed by atoms with Crippen LogP contribution in [0.25, 0.3) is 0 Å². The first kappa shape index (κ1) is 10.1. The van der Waals surface area contributed by atoms with E-state index in [0.717, 1.165) is 12.1 Å². The van der Waals surface area contributed by atoms with E-state index in [-0.39, 0.29) is 18.1 Å². The fourth-order valence-corrected chi connectivity index (χ4v) is 1.27. The number of fused-ring (bicyclic) bond motifs is 1. The van der Waals surface area contributed by atoms with Gasteiger partial charge < -0.3 is 14.6 Å². The topological polar surface area (TPSA) is 38.7 Å². The van der Waals surface area contributed by atoms with E-state index in [9.17, 15) is 13.2 Å². The van der Waals surface area contributed by atoms with Gasteiger partial charge in [0, 0.05) is 0 Å². The molecule has 1 atom stereocenters. The zero-order chi connectivity index (χ0) is 11.1. The van der Waals surface area contributed by atoms with E-state index in [1.165, 1.54) is 6.07 Å². The van der Waals surface area contributed by atoms with E-state index in [0.29, 0.717) is 5.75 Å². The number of benzene rings is 1. The summed E-state index contributed by atoms with van der Waals surface area (Å²) < 4.78 is 46.3. The molecule has 0 unspecified atom stereocenters. The third-order valence-electron chi connectivity index (χ3n) is 2.02. The summed E-state index contributed by atoms with van der Waals surface area (Å²) >= 11 is 0. The van der Waals surface area contributed by atoms with Gasteiger partial charge in [-0.2, -0.15) is 13.2 Å². The fraction of sp³-hybridized carbons (Fsp3) is 0.333. The van der Waals surface area contributed by atoms with Gasteiger partial charge in [-0.3, -0.25) is 0 Å². The number of aliphatic hydroxyl groups is 1. The second-order valence-corrected chi connectivity index (χ2v) is 3.06. The van der Waals surface area contributed by atoms with Crippen LogP contribution in [0.15, 0.2) is 18.2 Å². The van der Waals surface area contributed by atoms with Crippen molar-refractivity contribution in [3.05, 3.63) is 23.8 Å². The lowest BCUT2D eigenvalue weighted by Crippen LogP contribution is -2.19. The minimum atomic E-state index is -4.67. The van der Waals surface area contributed by atoms with Crippen molar-refractivity contribution in [1.82, 2.24) is 0 Å². The Labute approximate surface area is 83.0 Å². The molecule has 0 amide bonds. The molecular weight excluding hydrogens is 213 g/mol. The number of rotatable bonds is 1. The monoisotopic (exact) mass is 220 g/mol. The molecule has 0 saturated carbocycles. The van der Waals surface area contributed by atoms with Gasteiger partial charge >= 0.3 is 6.18 Å². The first-order valence-electron chi connectivity index (χ1n) is 4.13. The largest absolute Gasteiger partial charge is 0.454 e. The van der Waals surface area contributed by atoms with Crippen LogP contribution in [0, 0.1) is 0 Å². The van der Waals surface area contributed by atoms with Crippen LogP contribution in [-0.4, -0.2) is 18.1 Å². The Kier molecular flexibility index (Phi) is 2.22. The quantitative estimate of drug-likeness (QED) is 0.786. The number of hydrogen-bond acceptors (Lipinski definition) is 3. The first-order chi connectivity index (χ1) is 6.98. The number of aliphatic hydroxyl groups excluding tert-OH is 1. The van der Waals surface area contributed by atoms with Crippen LogP contribution in [0.4, 0.5) is 13.2 Å². The van der Waals surface area contributed by atoms with Crippen LogP contribution in [-0.2, 0) is 0 Å². The third-order valence-corrected chi connectivity index (χ3v) is 2.02. The highest BCUT2D eigenvalue weighted by Gasteiger charge is 2.39. The SMILES string of the molecule is O[C@@H](c1ccc2c(c1)OCO2)C(F)(F)F. The number of halogens is 3. The van der Waals surface area contributed by atoms with E-state index >= 15 is 0 Å². The molecule has 0 spiro atoms. The molecule has 1 aliphatic rings. The maximum Gasteiger partial charge on any atom is 0.418 e. The summed E-state index contributed by atoms with van der Waals surface area (Å²) in [6, 6.07) is 3.62. The molecule has 1 aromatic carbocycles. The first-order valence-corrected chi connectivity index (χ1v) is 4.13. The Hall–Kier alpha value is -1.43. The predicted octanol–water partition coefficient (Wildman–Crippen LogP) is 2.01. The van der Waals surface area contributed by atoms with E-state index in [1.54, 1.807) is 0 Å². The van der Waals surface area contributed by atoms with Crippen molar-refractivity contribution >= 4 is 0 Å². The Morgan fingerprint density at radius 1 is 1.20 bits per heavy atom. The number of alkyl halides is 3. The van der Waals surface area contributed by atoms with Crippen molar-refractivity contribution in [2.45, 2.75) is 12.3 Å². The molecule has 0 radical (unpaired) electrons. The Morgan fingerprint density at radius 2 is 1.87 bits per heavy atom. The zero-order valence-electron chi connectivity index (χ0n) is 7.41. The molecule has 3 nitrogen and oxygen atoms in total. The molecule has 1 aromatic rings. The van der Waals surface area contributed by atoms with Crippen LogP contribution in [0.1, 0.15) is 11.7 Å². The normalized spacial score (nSPS) is 16.5. The molecule has 1 heterocycles. The molecule has 6 heteroatoms. The summed E-state index contributed by atoms with van der Waals surface area (Å²) in [4.78, 5) is 0. The smallest absolute Gasteiger partial charge is 0.418 e. The van der Waals surface area contributed by atoms with Gasteiger partial charge in [0.15, 0.2) is 17.6 Å². The van der Waals surface area contributed by atoms with Gasteiger partial charge in [0.25, 0.3) is 0 Å². The summed E-state index contributed by atoms with van der Waals surface area (Å²) in [5.74, 6) is 0.601. The molecule has 0 aliphatic carbocycles. The van der Waals surface area contributed by atoms with Gasteiger partial charge in [-0.1, -0.05) is 6.07 Å². The van der Waals surface area contributed by atoms with E-state index in [4.69, 9.17) is 14.6 Å². The fourth-order valence-electron chi connectivity index (χ4n) is 1.27. The summed E-state index contributed by atoms with van der Waals surface area (Å²) in [6.45, 7) is -0.0130. The van der Waals surface area contributed by atoms with Crippen molar-refractivity contribution in [3.8, 4) is 11.5 Å². The summed E-state index contributed by atoms with van der Waals surface area (Å²) in [5, 5.41) is 8.97. The average molecular weight is 220 g/mol. The highest BCUT2D eigenvalue weighted by molar-refractivity contribution is 5.45. The maximum absolute atomic E-state index is 12.2. The summed E-state index contributed by atoms with van der Waals surface area (Å²) in [6.07, 6.45) is -7.17. The van der Waals surface area contributed by atoms with Crippen LogP contribution in [0.3, 0.4) is 0 Å². The second-order valence-electron chi connectivity index (χ2n) is 3.06. The summed E-state index contributed by atoms with van der Waals surface area (Å²) in [5.41, 5.74) is -0.258. The van der Waals surface area contributed by atoms with Crippen LogP contribution < -0.4 is 9.47 Å². The lowest BCUT2D eigenvalue weighted by molar-refractivity contribution is -0.206. The Morgan fingerprint density at radius 3 is 2.53 bits per heavy atom. The number of hydrogen-bond donors (Lipinski definition) is 1. The maximum atomic E-state index is 12.2. The Bertz CT molecular complexity index is 375. The van der Waals surface area contributed by atoms with Crippen molar-refractivity contribution in [3.63, 3.8) is 0 Å². The van der Waals surface area contributed by atoms with Crippen LogP contribution in [0.5, 0.6) is 11.5 Å². The standard InChI is InChI=1S/C9H7F3O3/c10-9(11,12)8(13)5-1-2-6-7(3-5)15-4-14-6/h1-3,8,13H,4H2/t8-/m0/s1. The molecule has 1 aliphatic heterocycles. The lowest BCUT2D eigenvalue weighted by Gasteiger charge is -2.14. The van der Waals surface area contributed by atoms with Gasteiger partial charge in [0.05, 0.1) is 0 Å². The van der Waals surface area contributed by atoms with Crippen molar-refractivity contribution in [2.24, 2.45) is 0 Å². The van der Waals surface area contributed by atoms with Gasteiger partial charge in [-0.15, -0.1) is 0 Å². The highest BCUT2D eigenvalue weighted by atomic mass is 19.4. The molecule has 1 N–H and O–H groups in total. The minimum Gasteiger partial charge on any atom is -0.454 e. The van der Waals surface area contributed by atoms with E-state index in [2.05, 4.69) is 0 Å². The molecule has 0 saturated heterocycles. The van der Waals surface area contributed by atoms with Crippen molar-refractivity contribution in [1.29, 1.82) is 0 Å². The van der Waals surface area contributed by atoms with E-state index in [1.807, 2.05) is 0 Å². The average Bonchev–Trinajstić information content (AvgIpc) is 2.61. The Balaban J connectivity index is 2.31. The van der Waals surface area contributed by atoms with Gasteiger partial charge in [0.2, 0.25) is 6.79 Å². The second kappa shape index (κ2) is 3.30. The molecule has 15 heavy (non-hydrogen) atoms. The predicted molar refractivity (Wildman–Crippen MR) is 43.6 cm³/mol. The van der Waals surface area contributed by atoms with Crippen molar-refractivity contribution in [2.75, 3.05) is 6.79 Å². The molecule has 82 valence electrons. The van der Waals surface area contributed by atoms with Crippen LogP contribution in [0.2, 0.25) is 0 Å². The third kappa shape index (κ3) is 1.85. The molecule has 0 aromatic heterocycles. The lowest BCUT2D eigenvalue weighted by atomic mass is 10.1.